The van der Waals surface area contributed by atoms with Crippen LogP contribution in [0.25, 0.3) is 10.8 Å². The summed E-state index contributed by atoms with van der Waals surface area (Å²) in [4.78, 5) is 25.4. The van der Waals surface area contributed by atoms with Crippen molar-refractivity contribution in [2.75, 3.05) is 7.11 Å². The van der Waals surface area contributed by atoms with Gasteiger partial charge < -0.3 is 9.47 Å². The first-order chi connectivity index (χ1) is 18.3. The molecule has 1 aliphatic rings. The van der Waals surface area contributed by atoms with Gasteiger partial charge in [-0.1, -0.05) is 67.8 Å². The fraction of sp³-hybridized carbons (Fsp3) is 0.294. The number of esters is 1. The lowest BCUT2D eigenvalue weighted by Crippen LogP contribution is -2.30. The van der Waals surface area contributed by atoms with Crippen molar-refractivity contribution < 1.29 is 19.1 Å². The molecule has 194 valence electrons. The lowest BCUT2D eigenvalue weighted by molar-refractivity contribution is 0.0735. The molecule has 0 spiro atoms. The highest BCUT2D eigenvalue weighted by molar-refractivity contribution is 6.13. The number of methoxy groups -OCH3 is 1. The van der Waals surface area contributed by atoms with Crippen molar-refractivity contribution in [2.45, 2.75) is 58.3 Å². The minimum atomic E-state index is -0.426. The number of benzene rings is 4. The summed E-state index contributed by atoms with van der Waals surface area (Å²) >= 11 is 0. The highest BCUT2D eigenvalue weighted by Gasteiger charge is 2.36. The molecule has 0 N–H and O–H groups in total. The van der Waals surface area contributed by atoms with Crippen LogP contribution in [0.4, 0.5) is 0 Å². The highest BCUT2D eigenvalue weighted by atomic mass is 16.5. The van der Waals surface area contributed by atoms with Crippen molar-refractivity contribution in [2.24, 2.45) is 0 Å². The zero-order chi connectivity index (χ0) is 26.9. The molecule has 1 saturated carbocycles. The Morgan fingerprint density at radius 1 is 0.711 bits per heavy atom. The zero-order valence-corrected chi connectivity index (χ0v) is 22.6. The van der Waals surface area contributed by atoms with Gasteiger partial charge in [0.15, 0.2) is 5.78 Å². The molecular weight excluding hydrogens is 472 g/mol. The lowest BCUT2D eigenvalue weighted by Gasteiger charge is -2.39. The van der Waals surface area contributed by atoms with Crippen molar-refractivity contribution in [1.82, 2.24) is 0 Å². The van der Waals surface area contributed by atoms with Gasteiger partial charge >= 0.3 is 5.97 Å². The van der Waals surface area contributed by atoms with Crippen molar-refractivity contribution in [3.63, 3.8) is 0 Å². The number of carbonyl (C=O) groups is 2. The molecule has 0 unspecified atom stereocenters. The Morgan fingerprint density at radius 2 is 1.26 bits per heavy atom. The van der Waals surface area contributed by atoms with Crippen LogP contribution < -0.4 is 9.47 Å². The molecule has 0 heterocycles. The average Bonchev–Trinajstić information content (AvgIpc) is 2.93. The fourth-order valence-electron chi connectivity index (χ4n) is 6.08. The first-order valence-electron chi connectivity index (χ1n) is 13.4. The van der Waals surface area contributed by atoms with E-state index in [1.54, 1.807) is 19.2 Å². The van der Waals surface area contributed by atoms with Gasteiger partial charge in [0.1, 0.15) is 11.5 Å². The van der Waals surface area contributed by atoms with E-state index < -0.39 is 5.97 Å². The largest absolute Gasteiger partial charge is 0.496 e. The summed E-state index contributed by atoms with van der Waals surface area (Å²) in [5.41, 5.74) is 5.63. The number of Topliss-reactive ketones (excluding diaryl/α,β-unsaturated/α-hetero) is 1. The van der Waals surface area contributed by atoms with Gasteiger partial charge in [0.05, 0.1) is 12.7 Å². The molecule has 0 aromatic heterocycles. The van der Waals surface area contributed by atoms with Gasteiger partial charge in [0.25, 0.3) is 0 Å². The van der Waals surface area contributed by atoms with Gasteiger partial charge in [-0.3, -0.25) is 4.79 Å². The van der Waals surface area contributed by atoms with E-state index in [-0.39, 0.29) is 11.2 Å². The van der Waals surface area contributed by atoms with Gasteiger partial charge in [-0.15, -0.1) is 0 Å². The van der Waals surface area contributed by atoms with Gasteiger partial charge in [-0.2, -0.15) is 0 Å². The first-order valence-corrected chi connectivity index (χ1v) is 13.4. The molecule has 0 bridgehead atoms. The second-order valence-electron chi connectivity index (χ2n) is 10.5. The van der Waals surface area contributed by atoms with E-state index in [0.717, 1.165) is 40.5 Å². The molecule has 0 amide bonds. The summed E-state index contributed by atoms with van der Waals surface area (Å²) in [5.74, 6) is 0.999. The maximum absolute atomic E-state index is 13.3. The monoisotopic (exact) mass is 506 g/mol. The predicted octanol–water partition coefficient (Wildman–Crippen LogP) is 8.14. The van der Waals surface area contributed by atoms with Crippen LogP contribution in [0.3, 0.4) is 0 Å². The van der Waals surface area contributed by atoms with Crippen LogP contribution in [-0.4, -0.2) is 18.9 Å². The van der Waals surface area contributed by atoms with E-state index >= 15 is 0 Å². The molecule has 1 fully saturated rings. The summed E-state index contributed by atoms with van der Waals surface area (Å²) < 4.78 is 11.4. The minimum absolute atomic E-state index is 0.0313. The van der Waals surface area contributed by atoms with Gasteiger partial charge in [0, 0.05) is 11.0 Å². The molecule has 0 saturated heterocycles. The molecule has 4 nitrogen and oxygen atoms in total. The number of ketones is 1. The Morgan fingerprint density at radius 3 is 1.82 bits per heavy atom. The standard InChI is InChI=1S/C34H34O4/c1-22-20-25(12-16-31(22)37-4)34(18-8-5-9-19-34)26-13-17-32(23(2)21-26)38-33(36)30-15-14-27(24(3)35)28-10-6-7-11-29(28)30/h6-7,10-17,20-21H,5,8-9,18-19H2,1-4H3. The molecule has 5 rings (SSSR count). The third-order valence-electron chi connectivity index (χ3n) is 8.11. The van der Waals surface area contributed by atoms with Gasteiger partial charge in [-0.05, 0) is 90.9 Å². The third kappa shape index (κ3) is 4.60. The van der Waals surface area contributed by atoms with Crippen LogP contribution in [0.5, 0.6) is 11.5 Å². The van der Waals surface area contributed by atoms with Crippen molar-refractivity contribution in [1.29, 1.82) is 0 Å². The predicted molar refractivity (Wildman–Crippen MR) is 152 cm³/mol. The summed E-state index contributed by atoms with van der Waals surface area (Å²) in [6.07, 6.45) is 5.80. The molecule has 38 heavy (non-hydrogen) atoms. The molecule has 0 atom stereocenters. The SMILES string of the molecule is COc1ccc(C2(c3ccc(OC(=O)c4ccc(C(C)=O)c5ccccc45)c(C)c3)CCCCC2)cc1C. The molecule has 0 radical (unpaired) electrons. The van der Waals surface area contributed by atoms with Crippen molar-refractivity contribution in [3.8, 4) is 11.5 Å². The fourth-order valence-corrected chi connectivity index (χ4v) is 6.08. The van der Waals surface area contributed by atoms with E-state index in [0.29, 0.717) is 16.9 Å². The van der Waals surface area contributed by atoms with E-state index in [1.807, 2.05) is 37.3 Å². The van der Waals surface area contributed by atoms with Gasteiger partial charge in [-0.25, -0.2) is 4.79 Å². The zero-order valence-electron chi connectivity index (χ0n) is 22.6. The van der Waals surface area contributed by atoms with E-state index in [9.17, 15) is 9.59 Å². The van der Waals surface area contributed by atoms with E-state index in [1.165, 1.54) is 37.3 Å². The maximum atomic E-state index is 13.3. The average molecular weight is 507 g/mol. The van der Waals surface area contributed by atoms with Crippen LogP contribution in [-0.2, 0) is 5.41 Å². The third-order valence-corrected chi connectivity index (χ3v) is 8.11. The molecule has 4 aromatic rings. The number of hydrogen-bond donors (Lipinski definition) is 0. The van der Waals surface area contributed by atoms with E-state index in [4.69, 9.17) is 9.47 Å². The number of hydrogen-bond acceptors (Lipinski definition) is 4. The Hall–Kier alpha value is -3.92. The second-order valence-corrected chi connectivity index (χ2v) is 10.5. The minimum Gasteiger partial charge on any atom is -0.496 e. The van der Waals surface area contributed by atoms with Crippen LogP contribution in [0, 0.1) is 13.8 Å². The van der Waals surface area contributed by atoms with Crippen LogP contribution in [0.1, 0.15) is 82.0 Å². The second kappa shape index (κ2) is 10.4. The quantitative estimate of drug-likeness (QED) is 0.150. The number of aryl methyl sites for hydroxylation is 2. The van der Waals surface area contributed by atoms with Gasteiger partial charge in [0.2, 0.25) is 0 Å². The number of carbonyl (C=O) groups excluding carboxylic acids is 2. The molecule has 0 aliphatic heterocycles. The Labute approximate surface area is 224 Å². The first kappa shape index (κ1) is 25.7. The van der Waals surface area contributed by atoms with E-state index in [2.05, 4.69) is 37.3 Å². The number of fused-ring (bicyclic) bond motifs is 1. The summed E-state index contributed by atoms with van der Waals surface area (Å²) in [5, 5.41) is 1.48. The lowest BCUT2D eigenvalue weighted by atomic mass is 9.65. The molecular formula is C34H34O4. The smallest absolute Gasteiger partial charge is 0.344 e. The van der Waals surface area contributed by atoms with Crippen LogP contribution in [0.2, 0.25) is 0 Å². The maximum Gasteiger partial charge on any atom is 0.344 e. The summed E-state index contributed by atoms with van der Waals surface area (Å²) in [6, 6.07) is 23.7. The number of rotatable bonds is 6. The van der Waals surface area contributed by atoms with Crippen LogP contribution in [0.15, 0.2) is 72.8 Å². The van der Waals surface area contributed by atoms with Crippen molar-refractivity contribution in [3.05, 3.63) is 106 Å². The topological polar surface area (TPSA) is 52.6 Å². The van der Waals surface area contributed by atoms with Crippen molar-refractivity contribution >= 4 is 22.5 Å². The Balaban J connectivity index is 1.48. The highest BCUT2D eigenvalue weighted by Crippen LogP contribution is 2.46. The summed E-state index contributed by atoms with van der Waals surface area (Å²) in [6.45, 7) is 5.63. The molecule has 4 aromatic carbocycles. The molecule has 4 heteroatoms. The summed E-state index contributed by atoms with van der Waals surface area (Å²) in [7, 11) is 1.71. The Kier molecular flexibility index (Phi) is 7.07. The normalized spacial score (nSPS) is 14.7. The molecule has 1 aliphatic carbocycles. The number of ether oxygens (including phenoxy) is 2. The Bertz CT molecular complexity index is 1530. The van der Waals surface area contributed by atoms with Crippen LogP contribution >= 0.6 is 0 Å².